The van der Waals surface area contributed by atoms with E-state index in [9.17, 15) is 0 Å². The molecule has 0 aliphatic heterocycles. The summed E-state index contributed by atoms with van der Waals surface area (Å²) in [5.41, 5.74) is 0. The SMILES string of the molecule is CO.[CH2-]O.[CH3-].[Y]. The van der Waals surface area contributed by atoms with Gasteiger partial charge >= 0.3 is 0 Å². The summed E-state index contributed by atoms with van der Waals surface area (Å²) in [5.74, 6) is 0. The Morgan fingerprint density at radius 3 is 1.17 bits per heavy atom. The molecule has 0 saturated carbocycles. The molecule has 0 aliphatic carbocycles. The van der Waals surface area contributed by atoms with Crippen LogP contribution in [-0.4, -0.2) is 17.3 Å². The molecule has 0 amide bonds. The Hall–Kier alpha value is 1.02. The second-order valence-electron chi connectivity index (χ2n) is 0. The maximum absolute atomic E-state index is 7.00. The molecular weight excluding hydrogens is 157 g/mol. The third kappa shape index (κ3) is 77.6. The van der Waals surface area contributed by atoms with Crippen molar-refractivity contribution < 1.29 is 42.9 Å². The van der Waals surface area contributed by atoms with Crippen molar-refractivity contribution in [3.63, 3.8) is 0 Å². The number of hydrogen-bond donors (Lipinski definition) is 2. The molecule has 39 valence electrons. The van der Waals surface area contributed by atoms with E-state index in [0.29, 0.717) is 0 Å². The van der Waals surface area contributed by atoms with Crippen LogP contribution in [0.5, 0.6) is 0 Å². The topological polar surface area (TPSA) is 40.5 Å². The minimum absolute atomic E-state index is 0. The molecular formula is C3H10O2Y-2. The molecule has 0 bridgehead atoms. The average molecular weight is 167 g/mol. The van der Waals surface area contributed by atoms with Crippen LogP contribution in [-0.2, 0) is 32.7 Å². The fourth-order valence-corrected chi connectivity index (χ4v) is 0. The van der Waals surface area contributed by atoms with E-state index in [0.717, 1.165) is 7.11 Å². The third-order valence-corrected chi connectivity index (χ3v) is 0. The zero-order chi connectivity index (χ0) is 4.00. The van der Waals surface area contributed by atoms with Crippen molar-refractivity contribution in [3.8, 4) is 0 Å². The summed E-state index contributed by atoms with van der Waals surface area (Å²) in [5, 5.41) is 13.8. The van der Waals surface area contributed by atoms with Gasteiger partial charge in [0.05, 0.1) is 0 Å². The first kappa shape index (κ1) is 27.9. The Kier molecular flexibility index (Phi) is 674. The van der Waals surface area contributed by atoms with Crippen LogP contribution in [0.15, 0.2) is 0 Å². The van der Waals surface area contributed by atoms with E-state index in [-0.39, 0.29) is 40.1 Å². The quantitative estimate of drug-likeness (QED) is 0.506. The van der Waals surface area contributed by atoms with Gasteiger partial charge in [0.15, 0.2) is 0 Å². The van der Waals surface area contributed by atoms with Crippen molar-refractivity contribution in [3.05, 3.63) is 14.5 Å². The Morgan fingerprint density at radius 2 is 1.17 bits per heavy atom. The Bertz CT molecular complexity index is 8.75. The third-order valence-electron chi connectivity index (χ3n) is 0. The van der Waals surface area contributed by atoms with Crippen molar-refractivity contribution in [2.45, 2.75) is 0 Å². The van der Waals surface area contributed by atoms with Gasteiger partial charge in [-0.2, -0.15) is 0 Å². The van der Waals surface area contributed by atoms with E-state index < -0.39 is 0 Å². The molecule has 0 aromatic carbocycles. The monoisotopic (exact) mass is 167 g/mol. The maximum Gasteiger partial charge on any atom is 0.0319 e. The minimum Gasteiger partial charge on any atom is -0.569 e. The molecule has 0 aromatic heterocycles. The zero-order valence-corrected chi connectivity index (χ0v) is 7.02. The van der Waals surface area contributed by atoms with E-state index in [2.05, 4.69) is 7.11 Å². The van der Waals surface area contributed by atoms with E-state index in [1.165, 1.54) is 0 Å². The van der Waals surface area contributed by atoms with E-state index in [1.54, 1.807) is 0 Å². The fraction of sp³-hybridized carbons (Fsp3) is 0.333. The van der Waals surface area contributed by atoms with Crippen LogP contribution in [0.3, 0.4) is 0 Å². The van der Waals surface area contributed by atoms with E-state index >= 15 is 0 Å². The van der Waals surface area contributed by atoms with Crippen LogP contribution in [0, 0.1) is 14.5 Å². The van der Waals surface area contributed by atoms with Crippen LogP contribution in [0.4, 0.5) is 0 Å². The van der Waals surface area contributed by atoms with E-state index in [4.69, 9.17) is 10.2 Å². The van der Waals surface area contributed by atoms with Crippen molar-refractivity contribution in [1.29, 1.82) is 0 Å². The van der Waals surface area contributed by atoms with Crippen molar-refractivity contribution in [2.75, 3.05) is 7.11 Å². The Labute approximate surface area is 64.5 Å². The smallest absolute Gasteiger partial charge is 0.0319 e. The summed E-state index contributed by atoms with van der Waals surface area (Å²) in [4.78, 5) is 0. The molecule has 6 heavy (non-hydrogen) atoms. The molecule has 3 heteroatoms. The van der Waals surface area contributed by atoms with Crippen LogP contribution in [0.25, 0.3) is 0 Å². The van der Waals surface area contributed by atoms with Gasteiger partial charge in [-0.3, -0.25) is 0 Å². The summed E-state index contributed by atoms with van der Waals surface area (Å²) in [6.07, 6.45) is 0. The molecule has 0 aromatic rings. The van der Waals surface area contributed by atoms with Gasteiger partial charge in [-0.05, 0) is 0 Å². The van der Waals surface area contributed by atoms with Gasteiger partial charge < -0.3 is 17.6 Å². The fourth-order valence-electron chi connectivity index (χ4n) is 0. The summed E-state index contributed by atoms with van der Waals surface area (Å²) in [6.45, 7) is 0. The zero-order valence-electron chi connectivity index (χ0n) is 4.18. The number of aliphatic hydroxyl groups excluding tert-OH is 2. The first-order valence-corrected chi connectivity index (χ1v) is 0.763. The van der Waals surface area contributed by atoms with Gasteiger partial charge in [-0.25, -0.2) is 7.11 Å². The van der Waals surface area contributed by atoms with Gasteiger partial charge in [-0.1, -0.05) is 0 Å². The predicted molar refractivity (Wildman–Crippen MR) is 21.8 cm³/mol. The van der Waals surface area contributed by atoms with Gasteiger partial charge in [0.25, 0.3) is 0 Å². The van der Waals surface area contributed by atoms with Gasteiger partial charge in [0.1, 0.15) is 0 Å². The molecule has 1 radical (unpaired) electrons. The molecule has 0 unspecified atom stereocenters. The number of hydrogen-bond acceptors (Lipinski definition) is 2. The van der Waals surface area contributed by atoms with Crippen LogP contribution >= 0.6 is 0 Å². The normalized spacial score (nSPS) is 2.00. The number of rotatable bonds is 0. The summed E-state index contributed by atoms with van der Waals surface area (Å²) in [6, 6.07) is 0. The second-order valence-corrected chi connectivity index (χ2v) is 0. The molecule has 0 fully saturated rings. The predicted octanol–water partition coefficient (Wildman–Crippen LogP) is 0.207. The summed E-state index contributed by atoms with van der Waals surface area (Å²) >= 11 is 0. The molecule has 0 aliphatic rings. The first-order chi connectivity index (χ1) is 2.00. The molecule has 0 atom stereocenters. The summed E-state index contributed by atoms with van der Waals surface area (Å²) < 4.78 is 0. The first-order valence-electron chi connectivity index (χ1n) is 0.763. The standard InChI is InChI=1S/CH4O.CH3O.CH3.Y/c2*1-2;;/h2H,1H3;2H,1H2;1H3;/q;2*-1;. The second kappa shape index (κ2) is 145. The van der Waals surface area contributed by atoms with Crippen molar-refractivity contribution in [1.82, 2.24) is 0 Å². The summed E-state index contributed by atoms with van der Waals surface area (Å²) in [7, 11) is 3.25. The number of aliphatic hydroxyl groups is 2. The van der Waals surface area contributed by atoms with Gasteiger partial charge in [-0.15, -0.1) is 0 Å². The minimum atomic E-state index is 0. The van der Waals surface area contributed by atoms with Crippen molar-refractivity contribution >= 4 is 0 Å². The molecule has 0 rings (SSSR count). The molecule has 0 heterocycles. The molecule has 2 N–H and O–H groups in total. The van der Waals surface area contributed by atoms with E-state index in [1.807, 2.05) is 0 Å². The van der Waals surface area contributed by atoms with Crippen molar-refractivity contribution in [2.24, 2.45) is 0 Å². The van der Waals surface area contributed by atoms with Gasteiger partial charge in [0, 0.05) is 39.8 Å². The maximum atomic E-state index is 7.00. The molecule has 2 nitrogen and oxygen atoms in total. The molecule has 0 spiro atoms. The Morgan fingerprint density at radius 1 is 1.17 bits per heavy atom. The van der Waals surface area contributed by atoms with Crippen LogP contribution in [0.1, 0.15) is 0 Å². The largest absolute Gasteiger partial charge is 0.569 e. The van der Waals surface area contributed by atoms with Gasteiger partial charge in [0.2, 0.25) is 0 Å². The van der Waals surface area contributed by atoms with Crippen LogP contribution < -0.4 is 0 Å². The molecule has 0 saturated heterocycles. The Balaban J connectivity index is -0.00000000500. The van der Waals surface area contributed by atoms with Crippen LogP contribution in [0.2, 0.25) is 0 Å². The average Bonchev–Trinajstić information content (AvgIpc) is 1.50.